The van der Waals surface area contributed by atoms with Crippen LogP contribution in [-0.2, 0) is 14.3 Å². The molecule has 7 nitrogen and oxygen atoms in total. The first-order valence-corrected chi connectivity index (χ1v) is 10.6. The smallest absolute Gasteiger partial charge is 0.309 e. The van der Waals surface area contributed by atoms with E-state index in [-0.39, 0.29) is 35.9 Å². The van der Waals surface area contributed by atoms with Crippen LogP contribution in [0.2, 0.25) is 0 Å². The molecule has 0 aromatic heterocycles. The number of aliphatic imine (C=N–C) groups is 1. The van der Waals surface area contributed by atoms with E-state index in [2.05, 4.69) is 24.1 Å². The first kappa shape index (κ1) is 25.0. The van der Waals surface area contributed by atoms with Crippen molar-refractivity contribution in [1.82, 2.24) is 15.1 Å². The molecular weight excluding hydrogens is 471 g/mol. The Labute approximate surface area is 186 Å². The molecule has 2 fully saturated rings. The summed E-state index contributed by atoms with van der Waals surface area (Å²) in [4.78, 5) is 33.0. The van der Waals surface area contributed by atoms with E-state index in [9.17, 15) is 9.59 Å². The highest BCUT2D eigenvalue weighted by molar-refractivity contribution is 14.0. The average Bonchev–Trinajstić information content (AvgIpc) is 3.10. The number of guanidine groups is 1. The third-order valence-corrected chi connectivity index (χ3v) is 5.50. The monoisotopic (exact) mass is 508 g/mol. The minimum Gasteiger partial charge on any atom is -0.466 e. The molecule has 2 heterocycles. The normalized spacial score (nSPS) is 19.4. The van der Waals surface area contributed by atoms with Crippen LogP contribution in [0, 0.1) is 5.92 Å². The molecule has 2 saturated heterocycles. The van der Waals surface area contributed by atoms with Gasteiger partial charge in [-0.05, 0) is 46.0 Å². The van der Waals surface area contributed by atoms with E-state index in [4.69, 9.17) is 9.73 Å². The largest absolute Gasteiger partial charge is 0.466 e. The van der Waals surface area contributed by atoms with Crippen molar-refractivity contribution in [1.29, 1.82) is 0 Å². The van der Waals surface area contributed by atoms with Gasteiger partial charge in [0.15, 0.2) is 5.96 Å². The Kier molecular flexibility index (Phi) is 11.8. The Bertz CT molecular complexity index is 522. The van der Waals surface area contributed by atoms with Crippen LogP contribution in [0.3, 0.4) is 0 Å². The maximum Gasteiger partial charge on any atom is 0.309 e. The van der Waals surface area contributed by atoms with Gasteiger partial charge in [-0.1, -0.05) is 6.92 Å². The van der Waals surface area contributed by atoms with Gasteiger partial charge in [0.2, 0.25) is 5.91 Å². The van der Waals surface area contributed by atoms with Crippen molar-refractivity contribution >= 4 is 41.8 Å². The fourth-order valence-electron chi connectivity index (χ4n) is 3.97. The number of esters is 1. The third-order valence-electron chi connectivity index (χ3n) is 5.50. The molecule has 0 radical (unpaired) electrons. The van der Waals surface area contributed by atoms with Gasteiger partial charge in [0.1, 0.15) is 0 Å². The molecule has 0 saturated carbocycles. The van der Waals surface area contributed by atoms with Crippen LogP contribution < -0.4 is 5.32 Å². The molecule has 0 spiro atoms. The van der Waals surface area contributed by atoms with E-state index >= 15 is 0 Å². The van der Waals surface area contributed by atoms with Gasteiger partial charge in [-0.2, -0.15) is 0 Å². The molecule has 2 aliphatic heterocycles. The van der Waals surface area contributed by atoms with Gasteiger partial charge in [-0.25, -0.2) is 0 Å². The number of ether oxygens (including phenoxy) is 1. The molecule has 2 aliphatic rings. The van der Waals surface area contributed by atoms with E-state index in [1.807, 2.05) is 11.8 Å². The molecule has 0 aromatic rings. The fourth-order valence-corrected chi connectivity index (χ4v) is 3.97. The van der Waals surface area contributed by atoms with E-state index in [1.165, 1.54) is 0 Å². The predicted octanol–water partition coefficient (Wildman–Crippen LogP) is 2.64. The summed E-state index contributed by atoms with van der Waals surface area (Å²) in [6.07, 6.45) is 5.17. The zero-order valence-electron chi connectivity index (χ0n) is 17.6. The van der Waals surface area contributed by atoms with Crippen molar-refractivity contribution in [2.24, 2.45) is 10.9 Å². The first-order chi connectivity index (χ1) is 13.1. The lowest BCUT2D eigenvalue weighted by Crippen LogP contribution is -2.47. The van der Waals surface area contributed by atoms with Crippen molar-refractivity contribution in [3.63, 3.8) is 0 Å². The number of carbonyl (C=O) groups excluding carboxylic acids is 2. The Morgan fingerprint density at radius 3 is 2.50 bits per heavy atom. The number of hydrogen-bond acceptors (Lipinski definition) is 4. The van der Waals surface area contributed by atoms with E-state index < -0.39 is 0 Å². The van der Waals surface area contributed by atoms with Gasteiger partial charge in [-0.15, -0.1) is 24.0 Å². The molecule has 162 valence electrons. The summed E-state index contributed by atoms with van der Waals surface area (Å²) in [5.74, 6) is 1.15. The molecule has 8 heteroatoms. The predicted molar refractivity (Wildman–Crippen MR) is 122 cm³/mol. The third kappa shape index (κ3) is 7.08. The van der Waals surface area contributed by atoms with Crippen LogP contribution >= 0.6 is 24.0 Å². The number of nitrogens with zero attached hydrogens (tertiary/aromatic N) is 3. The topological polar surface area (TPSA) is 74.2 Å². The van der Waals surface area contributed by atoms with Gasteiger partial charge in [-0.3, -0.25) is 14.6 Å². The maximum absolute atomic E-state index is 12.0. The number of halogens is 1. The van der Waals surface area contributed by atoms with Crippen LogP contribution in [0.4, 0.5) is 0 Å². The van der Waals surface area contributed by atoms with Gasteiger partial charge in [0, 0.05) is 45.2 Å². The fraction of sp³-hybridized carbons (Fsp3) is 0.850. The van der Waals surface area contributed by atoms with E-state index in [0.29, 0.717) is 31.5 Å². The van der Waals surface area contributed by atoms with Crippen molar-refractivity contribution in [2.45, 2.75) is 65.3 Å². The van der Waals surface area contributed by atoms with Crippen LogP contribution in [0.25, 0.3) is 0 Å². The second-order valence-corrected chi connectivity index (χ2v) is 7.29. The Morgan fingerprint density at radius 1 is 1.25 bits per heavy atom. The lowest BCUT2D eigenvalue weighted by Gasteiger charge is -2.33. The molecule has 28 heavy (non-hydrogen) atoms. The van der Waals surface area contributed by atoms with Gasteiger partial charge >= 0.3 is 5.97 Å². The molecule has 0 bridgehead atoms. The summed E-state index contributed by atoms with van der Waals surface area (Å²) >= 11 is 0. The first-order valence-electron chi connectivity index (χ1n) is 10.6. The summed E-state index contributed by atoms with van der Waals surface area (Å²) in [5, 5.41) is 3.37. The van der Waals surface area contributed by atoms with Crippen molar-refractivity contribution in [3.05, 3.63) is 0 Å². The lowest BCUT2D eigenvalue weighted by atomic mass is 9.97. The number of amides is 1. The zero-order valence-corrected chi connectivity index (χ0v) is 19.9. The number of rotatable bonds is 8. The highest BCUT2D eigenvalue weighted by Crippen LogP contribution is 2.20. The second-order valence-electron chi connectivity index (χ2n) is 7.29. The van der Waals surface area contributed by atoms with Crippen LogP contribution in [0.5, 0.6) is 0 Å². The summed E-state index contributed by atoms with van der Waals surface area (Å²) in [6, 6.07) is 0.293. The molecule has 1 amide bonds. The molecule has 0 aromatic carbocycles. The van der Waals surface area contributed by atoms with Gasteiger partial charge < -0.3 is 19.9 Å². The second kappa shape index (κ2) is 13.2. The molecule has 1 unspecified atom stereocenters. The Hall–Kier alpha value is -1.06. The van der Waals surface area contributed by atoms with Crippen molar-refractivity contribution in [2.75, 3.05) is 39.3 Å². The Balaban J connectivity index is 0.00000392. The number of hydrogen-bond donors (Lipinski definition) is 1. The van der Waals surface area contributed by atoms with E-state index in [1.54, 1.807) is 0 Å². The standard InChI is InChI=1S/C20H36N4O3.HI/c1-4-17(24-13-7-8-18(24)25)9-12-22-20(21-5-2)23-14-10-16(11-15-23)19(26)27-6-3;/h16-17H,4-15H2,1-3H3,(H,21,22);1H. The quantitative estimate of drug-likeness (QED) is 0.236. The molecule has 2 rings (SSSR count). The zero-order chi connectivity index (χ0) is 19.6. The van der Waals surface area contributed by atoms with Crippen LogP contribution in [0.1, 0.15) is 59.3 Å². The molecule has 1 atom stereocenters. The minimum absolute atomic E-state index is 0. The number of carbonyl (C=O) groups is 2. The number of piperidine rings is 1. The number of likely N-dealkylation sites (tertiary alicyclic amines) is 2. The lowest BCUT2D eigenvalue weighted by molar-refractivity contribution is -0.149. The molecule has 1 N–H and O–H groups in total. The Morgan fingerprint density at radius 2 is 1.96 bits per heavy atom. The molecule has 0 aliphatic carbocycles. The highest BCUT2D eigenvalue weighted by atomic mass is 127. The number of nitrogens with one attached hydrogen (secondary N) is 1. The minimum atomic E-state index is -0.0693. The van der Waals surface area contributed by atoms with Crippen LogP contribution in [0.15, 0.2) is 4.99 Å². The average molecular weight is 508 g/mol. The van der Waals surface area contributed by atoms with Crippen molar-refractivity contribution in [3.8, 4) is 0 Å². The van der Waals surface area contributed by atoms with Gasteiger partial charge in [0.25, 0.3) is 0 Å². The SMILES string of the molecule is CCNC(=NCCC(CC)N1CCCC1=O)N1CCC(C(=O)OCC)CC1.I. The molecular formula is C20H37IN4O3. The van der Waals surface area contributed by atoms with E-state index in [0.717, 1.165) is 64.2 Å². The van der Waals surface area contributed by atoms with Crippen LogP contribution in [-0.4, -0.2) is 73.0 Å². The van der Waals surface area contributed by atoms with Gasteiger partial charge in [0.05, 0.1) is 12.5 Å². The van der Waals surface area contributed by atoms with Crippen molar-refractivity contribution < 1.29 is 14.3 Å². The maximum atomic E-state index is 12.0. The summed E-state index contributed by atoms with van der Waals surface area (Å²) in [5.41, 5.74) is 0. The highest BCUT2D eigenvalue weighted by Gasteiger charge is 2.28. The summed E-state index contributed by atoms with van der Waals surface area (Å²) in [7, 11) is 0. The summed E-state index contributed by atoms with van der Waals surface area (Å²) in [6.45, 7) is 10.6. The summed E-state index contributed by atoms with van der Waals surface area (Å²) < 4.78 is 5.15.